The normalized spacial score (nSPS) is 31.9. The molecule has 1 heterocycles. The molecule has 0 bridgehead atoms. The minimum Gasteiger partial charge on any atom is -0.395 e. The van der Waals surface area contributed by atoms with Crippen molar-refractivity contribution in [2.45, 2.75) is 18.6 Å². The minimum atomic E-state index is 0. The molecule has 11 heavy (non-hydrogen) atoms. The van der Waals surface area contributed by atoms with Gasteiger partial charge in [0, 0.05) is 46.4 Å². The molecule has 3 nitrogen and oxygen atoms in total. The second-order valence-electron chi connectivity index (χ2n) is 2.79. The van der Waals surface area contributed by atoms with Crippen LogP contribution in [0.25, 0.3) is 0 Å². The molecule has 0 spiro atoms. The van der Waals surface area contributed by atoms with Gasteiger partial charge in [-0.15, -0.1) is 0 Å². The van der Waals surface area contributed by atoms with E-state index in [1.807, 2.05) is 7.05 Å². The molecule has 1 rings (SSSR count). The summed E-state index contributed by atoms with van der Waals surface area (Å²) in [5.41, 5.74) is 0. The Morgan fingerprint density at radius 1 is 1.64 bits per heavy atom. The zero-order valence-corrected chi connectivity index (χ0v) is 9.99. The second-order valence-corrected chi connectivity index (χ2v) is 2.79. The quantitative estimate of drug-likeness (QED) is 0.711. The van der Waals surface area contributed by atoms with E-state index in [0.29, 0.717) is 0 Å². The number of rotatable bonds is 2. The predicted molar refractivity (Wildman–Crippen MR) is 38.9 cm³/mol. The predicted octanol–water partition coefficient (Wildman–Crippen LogP) is -0.305. The first-order valence-electron chi connectivity index (χ1n) is 3.63. The average Bonchev–Trinajstić information content (AvgIpc) is 2.30. The summed E-state index contributed by atoms with van der Waals surface area (Å²) in [4.78, 5) is 2.13. The molecule has 0 aliphatic carbocycles. The van der Waals surface area contributed by atoms with Gasteiger partial charge in [-0.1, -0.05) is 0 Å². The van der Waals surface area contributed by atoms with Gasteiger partial charge < -0.3 is 9.84 Å². The van der Waals surface area contributed by atoms with E-state index in [2.05, 4.69) is 4.90 Å². The van der Waals surface area contributed by atoms with E-state index in [1.165, 1.54) is 0 Å². The Labute approximate surface area is 93.0 Å². The topological polar surface area (TPSA) is 32.7 Å². The van der Waals surface area contributed by atoms with Gasteiger partial charge in [0.1, 0.15) is 0 Å². The van der Waals surface area contributed by atoms with Gasteiger partial charge in [-0.2, -0.15) is 0 Å². The van der Waals surface area contributed by atoms with Gasteiger partial charge in [0.15, 0.2) is 0 Å². The standard InChI is InChI=1S/C7H15NO2.Y/c1-8-4-3-7(10-2)6(8)5-9;/h6-7,9H,3-5H2,1-2H3;. The van der Waals surface area contributed by atoms with Crippen LogP contribution in [0.1, 0.15) is 6.42 Å². The summed E-state index contributed by atoms with van der Waals surface area (Å²) >= 11 is 0. The van der Waals surface area contributed by atoms with Crippen LogP contribution in [0.5, 0.6) is 0 Å². The summed E-state index contributed by atoms with van der Waals surface area (Å²) in [6, 6.07) is 0.213. The summed E-state index contributed by atoms with van der Waals surface area (Å²) < 4.78 is 5.18. The van der Waals surface area contributed by atoms with Crippen molar-refractivity contribution in [2.75, 3.05) is 27.3 Å². The van der Waals surface area contributed by atoms with Crippen molar-refractivity contribution in [3.63, 3.8) is 0 Å². The zero-order valence-electron chi connectivity index (χ0n) is 7.16. The van der Waals surface area contributed by atoms with Crippen LogP contribution in [0.2, 0.25) is 0 Å². The van der Waals surface area contributed by atoms with Crippen LogP contribution in [0.3, 0.4) is 0 Å². The molecule has 0 aromatic carbocycles. The number of hydrogen-bond donors (Lipinski definition) is 1. The van der Waals surface area contributed by atoms with Crippen LogP contribution in [-0.2, 0) is 37.4 Å². The van der Waals surface area contributed by atoms with Gasteiger partial charge in [-0.05, 0) is 13.5 Å². The fourth-order valence-corrected chi connectivity index (χ4v) is 1.50. The molecule has 63 valence electrons. The van der Waals surface area contributed by atoms with Crippen LogP contribution >= 0.6 is 0 Å². The third-order valence-electron chi connectivity index (χ3n) is 2.25. The van der Waals surface area contributed by atoms with E-state index in [1.54, 1.807) is 7.11 Å². The number of aliphatic hydroxyl groups is 1. The maximum atomic E-state index is 8.92. The number of ether oxygens (including phenoxy) is 1. The molecule has 1 fully saturated rings. The van der Waals surface area contributed by atoms with Crippen LogP contribution in [0.4, 0.5) is 0 Å². The van der Waals surface area contributed by atoms with Crippen molar-refractivity contribution in [2.24, 2.45) is 0 Å². The van der Waals surface area contributed by atoms with Crippen molar-refractivity contribution >= 4 is 0 Å². The van der Waals surface area contributed by atoms with Crippen LogP contribution < -0.4 is 0 Å². The SMILES string of the molecule is COC1CCN(C)C1CO.[Y]. The van der Waals surface area contributed by atoms with E-state index < -0.39 is 0 Å². The van der Waals surface area contributed by atoms with Crippen LogP contribution in [0, 0.1) is 0 Å². The van der Waals surface area contributed by atoms with E-state index in [9.17, 15) is 0 Å². The van der Waals surface area contributed by atoms with Gasteiger partial charge in [-0.25, -0.2) is 0 Å². The Kier molecular flexibility index (Phi) is 6.10. The summed E-state index contributed by atoms with van der Waals surface area (Å²) in [6.07, 6.45) is 1.27. The van der Waals surface area contributed by atoms with Crippen molar-refractivity contribution in [3.05, 3.63) is 0 Å². The van der Waals surface area contributed by atoms with Crippen molar-refractivity contribution in [1.82, 2.24) is 4.90 Å². The van der Waals surface area contributed by atoms with Crippen molar-refractivity contribution < 1.29 is 42.6 Å². The van der Waals surface area contributed by atoms with Crippen LogP contribution in [0.15, 0.2) is 0 Å². The molecule has 4 heteroatoms. The molecule has 0 aromatic heterocycles. The number of likely N-dealkylation sites (N-methyl/N-ethyl adjacent to an activating group) is 1. The summed E-state index contributed by atoms with van der Waals surface area (Å²) in [5.74, 6) is 0. The Morgan fingerprint density at radius 2 is 2.27 bits per heavy atom. The molecule has 0 saturated carbocycles. The summed E-state index contributed by atoms with van der Waals surface area (Å²) in [6.45, 7) is 1.23. The van der Waals surface area contributed by atoms with E-state index in [-0.39, 0.29) is 51.5 Å². The van der Waals surface area contributed by atoms with E-state index in [4.69, 9.17) is 9.84 Å². The number of hydrogen-bond acceptors (Lipinski definition) is 3. The monoisotopic (exact) mass is 234 g/mol. The Hall–Kier alpha value is 0.984. The van der Waals surface area contributed by atoms with Crippen molar-refractivity contribution in [3.8, 4) is 0 Å². The zero-order chi connectivity index (χ0) is 7.56. The van der Waals surface area contributed by atoms with Gasteiger partial charge >= 0.3 is 0 Å². The number of likely N-dealkylation sites (tertiary alicyclic amines) is 1. The molecule has 1 aliphatic rings. The van der Waals surface area contributed by atoms with Crippen molar-refractivity contribution in [1.29, 1.82) is 0 Å². The first kappa shape index (κ1) is 12.0. The fourth-order valence-electron chi connectivity index (χ4n) is 1.50. The largest absolute Gasteiger partial charge is 0.395 e. The molecule has 1 N–H and O–H groups in total. The van der Waals surface area contributed by atoms with E-state index >= 15 is 0 Å². The molecular formula is C7H15NO2Y. The Balaban J connectivity index is 0.000001000. The number of nitrogens with zero attached hydrogens (tertiary/aromatic N) is 1. The third kappa shape index (κ3) is 2.74. The number of aliphatic hydroxyl groups excluding tert-OH is 1. The average molecular weight is 234 g/mol. The van der Waals surface area contributed by atoms with E-state index in [0.717, 1.165) is 13.0 Å². The molecule has 1 radical (unpaired) electrons. The molecule has 2 unspecified atom stereocenters. The maximum absolute atomic E-state index is 8.92. The summed E-state index contributed by atoms with van der Waals surface area (Å²) in [7, 11) is 3.71. The minimum absolute atomic E-state index is 0. The first-order valence-corrected chi connectivity index (χ1v) is 3.63. The molecular weight excluding hydrogens is 219 g/mol. The fraction of sp³-hybridized carbons (Fsp3) is 1.00. The molecule has 1 saturated heterocycles. The smallest absolute Gasteiger partial charge is 0.0760 e. The molecule has 0 aromatic rings. The van der Waals surface area contributed by atoms with Gasteiger partial charge in [-0.3, -0.25) is 4.90 Å². The summed E-state index contributed by atoms with van der Waals surface area (Å²) in [5, 5.41) is 8.92. The van der Waals surface area contributed by atoms with Gasteiger partial charge in [0.25, 0.3) is 0 Å². The third-order valence-corrected chi connectivity index (χ3v) is 2.25. The van der Waals surface area contributed by atoms with Gasteiger partial charge in [0.2, 0.25) is 0 Å². The Morgan fingerprint density at radius 3 is 2.64 bits per heavy atom. The number of methoxy groups -OCH3 is 1. The van der Waals surface area contributed by atoms with Crippen LogP contribution in [-0.4, -0.2) is 49.5 Å². The second kappa shape index (κ2) is 5.60. The molecule has 2 atom stereocenters. The Bertz CT molecular complexity index is 113. The maximum Gasteiger partial charge on any atom is 0.0760 e. The molecule has 0 amide bonds. The molecule has 1 aliphatic heterocycles. The van der Waals surface area contributed by atoms with Gasteiger partial charge in [0.05, 0.1) is 18.8 Å². The first-order chi connectivity index (χ1) is 4.79.